The molecule has 0 unspecified atom stereocenters. The van der Waals surface area contributed by atoms with Crippen LogP contribution >= 0.6 is 22.6 Å². The van der Waals surface area contributed by atoms with Gasteiger partial charge in [-0.3, -0.25) is 9.67 Å². The molecule has 0 N–H and O–H groups in total. The second kappa shape index (κ2) is 5.48. The van der Waals surface area contributed by atoms with Crippen LogP contribution in [0.5, 0.6) is 5.75 Å². The third-order valence-electron chi connectivity index (χ3n) is 3.34. The van der Waals surface area contributed by atoms with Crippen LogP contribution in [0, 0.1) is 31.3 Å². The Balaban J connectivity index is 2.41. The van der Waals surface area contributed by atoms with E-state index in [9.17, 15) is 0 Å². The molecule has 0 aliphatic heterocycles. The van der Waals surface area contributed by atoms with Gasteiger partial charge in [-0.1, -0.05) is 0 Å². The molecule has 102 valence electrons. The van der Waals surface area contributed by atoms with Gasteiger partial charge in [-0.05, 0) is 50.3 Å². The van der Waals surface area contributed by atoms with Crippen molar-refractivity contribution in [1.29, 1.82) is 0 Å². The van der Waals surface area contributed by atoms with E-state index in [4.69, 9.17) is 4.74 Å². The lowest BCUT2D eigenvalue weighted by Gasteiger charge is -2.13. The predicted octanol–water partition coefficient (Wildman–Crippen LogP) is 3.17. The lowest BCUT2D eigenvalue weighted by atomic mass is 10.1. The Hall–Kier alpha value is -1.11. The second-order valence-corrected chi connectivity index (χ2v) is 5.77. The van der Waals surface area contributed by atoms with E-state index in [0.717, 1.165) is 28.3 Å². The summed E-state index contributed by atoms with van der Waals surface area (Å²) in [6.45, 7) is 8.85. The molecule has 0 spiro atoms. The third kappa shape index (κ3) is 2.61. The zero-order valence-electron chi connectivity index (χ0n) is 11.9. The zero-order valence-corrected chi connectivity index (χ0v) is 14.1. The van der Waals surface area contributed by atoms with Gasteiger partial charge in [0.05, 0.1) is 28.6 Å². The topological polar surface area (TPSA) is 39.9 Å². The van der Waals surface area contributed by atoms with E-state index >= 15 is 0 Å². The highest BCUT2D eigenvalue weighted by atomic mass is 127. The van der Waals surface area contributed by atoms with Gasteiger partial charge in [0.25, 0.3) is 0 Å². The van der Waals surface area contributed by atoms with Gasteiger partial charge in [0.1, 0.15) is 5.75 Å². The van der Waals surface area contributed by atoms with Crippen molar-refractivity contribution in [2.75, 3.05) is 7.11 Å². The minimum absolute atomic E-state index is 0.679. The summed E-state index contributed by atoms with van der Waals surface area (Å²) in [5, 5.41) is 4.55. The summed E-state index contributed by atoms with van der Waals surface area (Å²) in [6, 6.07) is 0. The molecule has 2 rings (SSSR count). The van der Waals surface area contributed by atoms with Crippen LogP contribution < -0.4 is 4.74 Å². The Labute approximate surface area is 127 Å². The number of nitrogens with zero attached hydrogens (tertiary/aromatic N) is 3. The van der Waals surface area contributed by atoms with Crippen LogP contribution in [0.15, 0.2) is 6.20 Å². The Morgan fingerprint density at radius 1 is 1.26 bits per heavy atom. The monoisotopic (exact) mass is 371 g/mol. The molecule has 4 nitrogen and oxygen atoms in total. The molecular weight excluding hydrogens is 353 g/mol. The molecule has 0 atom stereocenters. The summed E-state index contributed by atoms with van der Waals surface area (Å²) in [5.74, 6) is 0.918. The Kier molecular flexibility index (Phi) is 4.13. The molecule has 0 fully saturated rings. The lowest BCUT2D eigenvalue weighted by molar-refractivity contribution is 0.406. The molecule has 2 aromatic rings. The minimum Gasteiger partial charge on any atom is -0.496 e. The number of rotatable bonds is 3. The summed E-state index contributed by atoms with van der Waals surface area (Å²) in [4.78, 5) is 4.52. The Morgan fingerprint density at radius 2 is 1.95 bits per heavy atom. The van der Waals surface area contributed by atoms with E-state index in [-0.39, 0.29) is 0 Å². The number of hydrogen-bond donors (Lipinski definition) is 0. The van der Waals surface area contributed by atoms with Crippen molar-refractivity contribution in [1.82, 2.24) is 14.8 Å². The maximum atomic E-state index is 5.44. The standard InChI is InChI=1S/C14H18IN3O/c1-8-6-16-12(9(2)14(8)19-5)7-18-11(4)13(15)10(3)17-18/h6H,7H2,1-5H3. The quantitative estimate of drug-likeness (QED) is 0.779. The van der Waals surface area contributed by atoms with Crippen molar-refractivity contribution >= 4 is 22.6 Å². The molecule has 0 bridgehead atoms. The van der Waals surface area contributed by atoms with Gasteiger partial charge in [0.2, 0.25) is 0 Å². The van der Waals surface area contributed by atoms with Gasteiger partial charge < -0.3 is 4.74 Å². The largest absolute Gasteiger partial charge is 0.496 e. The Morgan fingerprint density at radius 3 is 2.47 bits per heavy atom. The van der Waals surface area contributed by atoms with Crippen LogP contribution in [0.25, 0.3) is 0 Å². The SMILES string of the molecule is COc1c(C)cnc(Cn2nc(C)c(I)c2C)c1C. The first-order valence-electron chi connectivity index (χ1n) is 6.14. The number of aryl methyl sites for hydroxylation is 2. The van der Waals surface area contributed by atoms with Crippen LogP contribution in [0.4, 0.5) is 0 Å². The number of ether oxygens (including phenoxy) is 1. The molecule has 19 heavy (non-hydrogen) atoms. The number of halogens is 1. The van der Waals surface area contributed by atoms with E-state index in [1.807, 2.05) is 31.6 Å². The Bertz CT molecular complexity index is 620. The smallest absolute Gasteiger partial charge is 0.128 e. The fourth-order valence-corrected chi connectivity index (χ4v) is 2.59. The first-order chi connectivity index (χ1) is 8.95. The van der Waals surface area contributed by atoms with Crippen LogP contribution in [-0.4, -0.2) is 21.9 Å². The first kappa shape index (κ1) is 14.3. The van der Waals surface area contributed by atoms with Crippen LogP contribution in [0.2, 0.25) is 0 Å². The minimum atomic E-state index is 0.679. The normalized spacial score (nSPS) is 10.8. The van der Waals surface area contributed by atoms with Gasteiger partial charge in [0, 0.05) is 23.0 Å². The van der Waals surface area contributed by atoms with E-state index in [2.05, 4.69) is 39.6 Å². The fraction of sp³-hybridized carbons (Fsp3) is 0.429. The molecule has 0 amide bonds. The van der Waals surface area contributed by atoms with Crippen molar-refractivity contribution in [2.24, 2.45) is 0 Å². The highest BCUT2D eigenvalue weighted by Gasteiger charge is 2.13. The summed E-state index contributed by atoms with van der Waals surface area (Å²) >= 11 is 2.33. The van der Waals surface area contributed by atoms with E-state index in [1.165, 1.54) is 9.26 Å². The zero-order chi connectivity index (χ0) is 14.2. The molecule has 5 heteroatoms. The second-order valence-electron chi connectivity index (χ2n) is 4.69. The molecule has 0 aromatic carbocycles. The summed E-state index contributed by atoms with van der Waals surface area (Å²) < 4.78 is 8.66. The third-order valence-corrected chi connectivity index (χ3v) is 4.90. The maximum absolute atomic E-state index is 5.44. The summed E-state index contributed by atoms with van der Waals surface area (Å²) in [5.41, 5.74) is 5.40. The highest BCUT2D eigenvalue weighted by Crippen LogP contribution is 2.25. The van der Waals surface area contributed by atoms with Gasteiger partial charge in [-0.25, -0.2) is 0 Å². The summed E-state index contributed by atoms with van der Waals surface area (Å²) in [7, 11) is 1.70. The predicted molar refractivity (Wildman–Crippen MR) is 83.8 cm³/mol. The van der Waals surface area contributed by atoms with Crippen molar-refractivity contribution < 1.29 is 4.74 Å². The highest BCUT2D eigenvalue weighted by molar-refractivity contribution is 14.1. The molecule has 2 heterocycles. The fourth-order valence-electron chi connectivity index (χ4n) is 2.20. The maximum Gasteiger partial charge on any atom is 0.128 e. The number of aromatic nitrogens is 3. The van der Waals surface area contributed by atoms with Gasteiger partial charge in [-0.15, -0.1) is 0 Å². The number of methoxy groups -OCH3 is 1. The van der Waals surface area contributed by atoms with E-state index in [0.29, 0.717) is 6.54 Å². The average molecular weight is 371 g/mol. The van der Waals surface area contributed by atoms with Crippen LogP contribution in [0.1, 0.15) is 28.2 Å². The summed E-state index contributed by atoms with van der Waals surface area (Å²) in [6.07, 6.45) is 1.86. The first-order valence-corrected chi connectivity index (χ1v) is 7.22. The van der Waals surface area contributed by atoms with Gasteiger partial charge >= 0.3 is 0 Å². The number of pyridine rings is 1. The molecule has 0 aliphatic carbocycles. The average Bonchev–Trinajstić information content (AvgIpc) is 2.61. The van der Waals surface area contributed by atoms with E-state index in [1.54, 1.807) is 7.11 Å². The molecule has 0 radical (unpaired) electrons. The van der Waals surface area contributed by atoms with Crippen LogP contribution in [-0.2, 0) is 6.54 Å². The van der Waals surface area contributed by atoms with Gasteiger partial charge in [0.15, 0.2) is 0 Å². The van der Waals surface area contributed by atoms with Crippen molar-refractivity contribution in [3.63, 3.8) is 0 Å². The molecule has 2 aromatic heterocycles. The molecule has 0 saturated heterocycles. The molecule has 0 saturated carbocycles. The lowest BCUT2D eigenvalue weighted by Crippen LogP contribution is -2.09. The van der Waals surface area contributed by atoms with Crippen molar-refractivity contribution in [2.45, 2.75) is 34.2 Å². The van der Waals surface area contributed by atoms with Crippen LogP contribution in [0.3, 0.4) is 0 Å². The molecule has 0 aliphatic rings. The van der Waals surface area contributed by atoms with Crippen molar-refractivity contribution in [3.8, 4) is 5.75 Å². The van der Waals surface area contributed by atoms with E-state index < -0.39 is 0 Å². The number of hydrogen-bond acceptors (Lipinski definition) is 3. The molecular formula is C14H18IN3O. The van der Waals surface area contributed by atoms with Gasteiger partial charge in [-0.2, -0.15) is 5.10 Å². The van der Waals surface area contributed by atoms with Crippen molar-refractivity contribution in [3.05, 3.63) is 38.0 Å².